The summed E-state index contributed by atoms with van der Waals surface area (Å²) in [6, 6.07) is 4.85. The first-order chi connectivity index (χ1) is 8.63. The number of carboxylic acids is 1. The molecule has 0 fully saturated rings. The van der Waals surface area contributed by atoms with Gasteiger partial charge in [-0.15, -0.1) is 12.3 Å². The summed E-state index contributed by atoms with van der Waals surface area (Å²) >= 11 is 0. The fraction of sp³-hybridized carbons (Fsp3) is 0.286. The average Bonchev–Trinajstić information content (AvgIpc) is 2.78. The van der Waals surface area contributed by atoms with Crippen molar-refractivity contribution in [3.8, 4) is 12.3 Å². The molecule has 0 radical (unpaired) electrons. The Bertz CT molecular complexity index is 542. The molecule has 1 aromatic carbocycles. The van der Waals surface area contributed by atoms with Gasteiger partial charge in [0.25, 0.3) is 0 Å². The van der Waals surface area contributed by atoms with E-state index < -0.39 is 5.97 Å². The summed E-state index contributed by atoms with van der Waals surface area (Å²) in [5.41, 5.74) is 1.97. The Labute approximate surface area is 105 Å². The van der Waals surface area contributed by atoms with Crippen LogP contribution in [0.2, 0.25) is 0 Å². The van der Waals surface area contributed by atoms with E-state index in [4.69, 9.17) is 11.5 Å². The number of hydrogen-bond acceptors (Lipinski definition) is 2. The number of rotatable bonds is 3. The number of terminal acetylenes is 1. The van der Waals surface area contributed by atoms with E-state index in [0.717, 1.165) is 11.3 Å². The minimum absolute atomic E-state index is 0.00484. The molecule has 1 heterocycles. The van der Waals surface area contributed by atoms with Gasteiger partial charge in [0.05, 0.1) is 5.56 Å². The summed E-state index contributed by atoms with van der Waals surface area (Å²) in [4.78, 5) is 24.4. The second kappa shape index (κ2) is 4.92. The highest BCUT2D eigenvalue weighted by Gasteiger charge is 2.24. The summed E-state index contributed by atoms with van der Waals surface area (Å²) in [6.07, 6.45) is 6.59. The fourth-order valence-corrected chi connectivity index (χ4v) is 2.11. The lowest BCUT2D eigenvalue weighted by atomic mass is 10.1. The van der Waals surface area contributed by atoms with Crippen LogP contribution in [-0.4, -0.2) is 23.5 Å². The maximum Gasteiger partial charge on any atom is 0.335 e. The summed E-state index contributed by atoms with van der Waals surface area (Å²) in [5.74, 6) is 1.49. The van der Waals surface area contributed by atoms with Crippen LogP contribution in [-0.2, 0) is 11.2 Å². The highest BCUT2D eigenvalue weighted by molar-refractivity contribution is 5.97. The molecular formula is C14H13NO3. The van der Waals surface area contributed by atoms with E-state index in [2.05, 4.69) is 5.92 Å². The van der Waals surface area contributed by atoms with E-state index in [0.29, 0.717) is 25.8 Å². The number of carbonyl (C=O) groups is 2. The van der Waals surface area contributed by atoms with Gasteiger partial charge >= 0.3 is 5.97 Å². The Balaban J connectivity index is 2.21. The molecule has 1 aliphatic rings. The van der Waals surface area contributed by atoms with E-state index in [-0.39, 0.29) is 11.5 Å². The maximum absolute atomic E-state index is 11.9. The van der Waals surface area contributed by atoms with Gasteiger partial charge in [0, 0.05) is 25.1 Å². The number of carboxylic acid groups (broad SMARTS) is 1. The first-order valence-electron chi connectivity index (χ1n) is 5.73. The van der Waals surface area contributed by atoms with Crippen LogP contribution in [0, 0.1) is 12.3 Å². The minimum atomic E-state index is -0.949. The topological polar surface area (TPSA) is 57.6 Å². The number of anilines is 1. The smallest absolute Gasteiger partial charge is 0.335 e. The molecule has 1 aliphatic heterocycles. The molecule has 92 valence electrons. The third kappa shape index (κ3) is 2.21. The van der Waals surface area contributed by atoms with Gasteiger partial charge in [-0.1, -0.05) is 0 Å². The molecule has 0 aliphatic carbocycles. The number of carbonyl (C=O) groups excluding carboxylic acids is 1. The number of hydrogen-bond donors (Lipinski definition) is 1. The quantitative estimate of drug-likeness (QED) is 0.822. The average molecular weight is 243 g/mol. The third-order valence-corrected chi connectivity index (χ3v) is 3.01. The van der Waals surface area contributed by atoms with Crippen molar-refractivity contribution in [1.82, 2.24) is 0 Å². The zero-order valence-corrected chi connectivity index (χ0v) is 9.85. The van der Waals surface area contributed by atoms with Crippen molar-refractivity contribution in [3.05, 3.63) is 29.3 Å². The predicted molar refractivity (Wildman–Crippen MR) is 67.5 cm³/mol. The van der Waals surface area contributed by atoms with Gasteiger partial charge in [-0.25, -0.2) is 4.79 Å². The van der Waals surface area contributed by atoms with Crippen molar-refractivity contribution in [1.29, 1.82) is 0 Å². The van der Waals surface area contributed by atoms with Crippen molar-refractivity contribution in [3.63, 3.8) is 0 Å². The highest BCUT2D eigenvalue weighted by atomic mass is 16.4. The van der Waals surface area contributed by atoms with Crippen molar-refractivity contribution in [2.24, 2.45) is 0 Å². The zero-order chi connectivity index (χ0) is 13.1. The molecule has 1 aromatic rings. The molecule has 4 nitrogen and oxygen atoms in total. The Morgan fingerprint density at radius 3 is 2.89 bits per heavy atom. The monoisotopic (exact) mass is 243 g/mol. The van der Waals surface area contributed by atoms with Crippen LogP contribution in [0.15, 0.2) is 18.2 Å². The normalized spacial score (nSPS) is 12.9. The molecule has 0 aromatic heterocycles. The third-order valence-electron chi connectivity index (χ3n) is 3.01. The van der Waals surface area contributed by atoms with Crippen LogP contribution in [0.1, 0.15) is 28.8 Å². The van der Waals surface area contributed by atoms with Gasteiger partial charge < -0.3 is 10.0 Å². The number of amides is 1. The SMILES string of the molecule is C#CCCC(=O)N1CCc2cc(C(=O)O)ccc21. The molecule has 0 bridgehead atoms. The standard InChI is InChI=1S/C14H13NO3/c1-2-3-4-13(16)15-8-7-10-9-11(14(17)18)5-6-12(10)15/h1,5-6,9H,3-4,7-8H2,(H,17,18). The summed E-state index contributed by atoms with van der Waals surface area (Å²) in [5, 5.41) is 8.90. The molecule has 0 spiro atoms. The lowest BCUT2D eigenvalue weighted by Crippen LogP contribution is -2.28. The van der Waals surface area contributed by atoms with Crippen molar-refractivity contribution >= 4 is 17.6 Å². The van der Waals surface area contributed by atoms with Gasteiger partial charge in [0.1, 0.15) is 0 Å². The van der Waals surface area contributed by atoms with E-state index in [1.807, 2.05) is 0 Å². The molecular weight excluding hydrogens is 230 g/mol. The number of nitrogens with zero attached hydrogens (tertiary/aromatic N) is 1. The van der Waals surface area contributed by atoms with Gasteiger partial charge in [-0.2, -0.15) is 0 Å². The van der Waals surface area contributed by atoms with Gasteiger partial charge in [-0.05, 0) is 30.2 Å². The minimum Gasteiger partial charge on any atom is -0.478 e. The number of aromatic carboxylic acids is 1. The van der Waals surface area contributed by atoms with E-state index in [9.17, 15) is 9.59 Å². The van der Waals surface area contributed by atoms with E-state index >= 15 is 0 Å². The Morgan fingerprint density at radius 1 is 1.44 bits per heavy atom. The highest BCUT2D eigenvalue weighted by Crippen LogP contribution is 2.29. The van der Waals surface area contributed by atoms with E-state index in [1.54, 1.807) is 17.0 Å². The first kappa shape index (κ1) is 12.2. The van der Waals surface area contributed by atoms with Gasteiger partial charge in [0.2, 0.25) is 5.91 Å². The van der Waals surface area contributed by atoms with Crippen LogP contribution in [0.25, 0.3) is 0 Å². The predicted octanol–water partition coefficient (Wildman–Crippen LogP) is 1.69. The van der Waals surface area contributed by atoms with Crippen molar-refractivity contribution < 1.29 is 14.7 Å². The van der Waals surface area contributed by atoms with Gasteiger partial charge in [0.15, 0.2) is 0 Å². The second-order valence-electron chi connectivity index (χ2n) is 4.15. The number of fused-ring (bicyclic) bond motifs is 1. The lowest BCUT2D eigenvalue weighted by molar-refractivity contribution is -0.118. The van der Waals surface area contributed by atoms with E-state index in [1.165, 1.54) is 6.07 Å². The number of benzene rings is 1. The van der Waals surface area contributed by atoms with Crippen LogP contribution in [0.4, 0.5) is 5.69 Å². The summed E-state index contributed by atoms with van der Waals surface area (Å²) in [7, 11) is 0. The molecule has 0 saturated heterocycles. The molecule has 2 rings (SSSR count). The molecule has 1 N–H and O–H groups in total. The molecule has 0 saturated carbocycles. The van der Waals surface area contributed by atoms with Gasteiger partial charge in [-0.3, -0.25) is 4.79 Å². The summed E-state index contributed by atoms with van der Waals surface area (Å²) < 4.78 is 0. The first-order valence-corrected chi connectivity index (χ1v) is 5.73. The molecule has 18 heavy (non-hydrogen) atoms. The Kier molecular flexibility index (Phi) is 3.33. The Hall–Kier alpha value is -2.28. The van der Waals surface area contributed by atoms with Crippen molar-refractivity contribution in [2.75, 3.05) is 11.4 Å². The van der Waals surface area contributed by atoms with Crippen LogP contribution >= 0.6 is 0 Å². The van der Waals surface area contributed by atoms with Crippen LogP contribution in [0.3, 0.4) is 0 Å². The lowest BCUT2D eigenvalue weighted by Gasteiger charge is -2.16. The maximum atomic E-state index is 11.9. The molecule has 0 unspecified atom stereocenters. The zero-order valence-electron chi connectivity index (χ0n) is 9.85. The molecule has 0 atom stereocenters. The fourth-order valence-electron chi connectivity index (χ4n) is 2.11. The second-order valence-corrected chi connectivity index (χ2v) is 4.15. The molecule has 1 amide bonds. The summed E-state index contributed by atoms with van der Waals surface area (Å²) in [6.45, 7) is 0.599. The largest absolute Gasteiger partial charge is 0.478 e. The Morgan fingerprint density at radius 2 is 2.22 bits per heavy atom. The van der Waals surface area contributed by atoms with Crippen molar-refractivity contribution in [2.45, 2.75) is 19.3 Å². The molecule has 4 heteroatoms. The van der Waals surface area contributed by atoms with Crippen LogP contribution < -0.4 is 4.90 Å². The van der Waals surface area contributed by atoms with Crippen LogP contribution in [0.5, 0.6) is 0 Å².